The van der Waals surface area contributed by atoms with E-state index in [2.05, 4.69) is 40.1 Å². The molecule has 2 rings (SSSR count). The standard InChI is InChI=1S/C15H29NO/c1-7-15(4,14(2,3)9-16-5)11-8-10-12(11)13(10)17-6/h10-13,16H,7-9H2,1-6H3. The largest absolute Gasteiger partial charge is 0.381 e. The topological polar surface area (TPSA) is 21.3 Å². The van der Waals surface area contributed by atoms with Gasteiger partial charge in [-0.1, -0.05) is 27.7 Å². The van der Waals surface area contributed by atoms with E-state index in [1.54, 1.807) is 0 Å². The van der Waals surface area contributed by atoms with Crippen molar-refractivity contribution in [2.24, 2.45) is 28.6 Å². The summed E-state index contributed by atoms with van der Waals surface area (Å²) in [5.41, 5.74) is 0.789. The monoisotopic (exact) mass is 239 g/mol. The van der Waals surface area contributed by atoms with Crippen molar-refractivity contribution in [3.05, 3.63) is 0 Å². The van der Waals surface area contributed by atoms with Gasteiger partial charge in [0.05, 0.1) is 6.10 Å². The lowest BCUT2D eigenvalue weighted by Gasteiger charge is -2.52. The lowest BCUT2D eigenvalue weighted by Crippen LogP contribution is -2.49. The van der Waals surface area contributed by atoms with Gasteiger partial charge in [-0.3, -0.25) is 0 Å². The summed E-state index contributed by atoms with van der Waals surface area (Å²) in [5.74, 6) is 2.62. The van der Waals surface area contributed by atoms with E-state index in [-0.39, 0.29) is 0 Å². The predicted octanol–water partition coefficient (Wildman–Crippen LogP) is 2.93. The van der Waals surface area contributed by atoms with E-state index in [9.17, 15) is 0 Å². The number of hydrogen-bond acceptors (Lipinski definition) is 2. The van der Waals surface area contributed by atoms with Crippen molar-refractivity contribution in [2.75, 3.05) is 20.7 Å². The Bertz CT molecular complexity index is 289. The zero-order valence-corrected chi connectivity index (χ0v) is 12.3. The fourth-order valence-electron chi connectivity index (χ4n) is 4.34. The Kier molecular flexibility index (Phi) is 3.33. The van der Waals surface area contributed by atoms with Gasteiger partial charge < -0.3 is 10.1 Å². The van der Waals surface area contributed by atoms with Crippen molar-refractivity contribution in [3.63, 3.8) is 0 Å². The van der Waals surface area contributed by atoms with Crippen LogP contribution < -0.4 is 5.32 Å². The van der Waals surface area contributed by atoms with E-state index in [0.717, 1.165) is 24.3 Å². The molecule has 2 aliphatic carbocycles. The Labute approximate surface area is 107 Å². The Morgan fingerprint density at radius 3 is 2.35 bits per heavy atom. The molecular weight excluding hydrogens is 210 g/mol. The van der Waals surface area contributed by atoms with Gasteiger partial charge in [0.1, 0.15) is 0 Å². The van der Waals surface area contributed by atoms with Crippen LogP contribution in [0, 0.1) is 28.6 Å². The van der Waals surface area contributed by atoms with Crippen LogP contribution in [0.3, 0.4) is 0 Å². The third-order valence-corrected chi connectivity index (χ3v) is 6.14. The Hall–Kier alpha value is -0.0800. The highest BCUT2D eigenvalue weighted by Gasteiger charge is 2.68. The molecule has 0 spiro atoms. The summed E-state index contributed by atoms with van der Waals surface area (Å²) < 4.78 is 5.58. The maximum Gasteiger partial charge on any atom is 0.0637 e. The molecule has 17 heavy (non-hydrogen) atoms. The van der Waals surface area contributed by atoms with Crippen molar-refractivity contribution < 1.29 is 4.74 Å². The van der Waals surface area contributed by atoms with Crippen molar-refractivity contribution in [1.82, 2.24) is 5.32 Å². The summed E-state index contributed by atoms with van der Waals surface area (Å²) >= 11 is 0. The van der Waals surface area contributed by atoms with Crippen molar-refractivity contribution in [3.8, 4) is 0 Å². The fourth-order valence-corrected chi connectivity index (χ4v) is 4.34. The van der Waals surface area contributed by atoms with Gasteiger partial charge in [0.2, 0.25) is 0 Å². The van der Waals surface area contributed by atoms with Crippen LogP contribution in [0.4, 0.5) is 0 Å². The minimum Gasteiger partial charge on any atom is -0.381 e. The van der Waals surface area contributed by atoms with E-state index >= 15 is 0 Å². The van der Waals surface area contributed by atoms with Gasteiger partial charge >= 0.3 is 0 Å². The van der Waals surface area contributed by atoms with E-state index < -0.39 is 0 Å². The predicted molar refractivity (Wildman–Crippen MR) is 72.0 cm³/mol. The zero-order chi connectivity index (χ0) is 12.8. The van der Waals surface area contributed by atoms with Crippen molar-refractivity contribution in [2.45, 2.75) is 46.6 Å². The summed E-state index contributed by atoms with van der Waals surface area (Å²) in [6.07, 6.45) is 3.24. The first kappa shape index (κ1) is 13.4. The second-order valence-corrected chi connectivity index (χ2v) is 6.97. The van der Waals surface area contributed by atoms with E-state index in [1.807, 2.05) is 7.11 Å². The highest BCUT2D eigenvalue weighted by Crippen LogP contribution is 2.69. The van der Waals surface area contributed by atoms with Gasteiger partial charge in [-0.25, -0.2) is 0 Å². The molecule has 0 radical (unpaired) electrons. The smallest absolute Gasteiger partial charge is 0.0637 e. The first-order valence-electron chi connectivity index (χ1n) is 7.10. The van der Waals surface area contributed by atoms with Gasteiger partial charge in [0, 0.05) is 13.7 Å². The Morgan fingerprint density at radius 1 is 1.29 bits per heavy atom. The summed E-state index contributed by atoms with van der Waals surface area (Å²) in [7, 11) is 3.94. The molecule has 5 atom stereocenters. The van der Waals surface area contributed by atoms with Crippen LogP contribution in [0.1, 0.15) is 40.5 Å². The van der Waals surface area contributed by atoms with E-state index in [4.69, 9.17) is 4.74 Å². The van der Waals surface area contributed by atoms with Crippen molar-refractivity contribution in [1.29, 1.82) is 0 Å². The second kappa shape index (κ2) is 4.24. The minimum absolute atomic E-state index is 0.354. The number of fused-ring (bicyclic) bond motifs is 1. The number of hydrogen-bond donors (Lipinski definition) is 1. The molecule has 0 amide bonds. The number of rotatable bonds is 6. The van der Waals surface area contributed by atoms with Gasteiger partial charge in [0.25, 0.3) is 0 Å². The molecule has 0 aliphatic heterocycles. The molecule has 5 unspecified atom stereocenters. The van der Waals surface area contributed by atoms with Crippen LogP contribution in [0.15, 0.2) is 0 Å². The average Bonchev–Trinajstić information content (AvgIpc) is 2.81. The number of nitrogens with one attached hydrogen (secondary N) is 1. The maximum absolute atomic E-state index is 5.58. The summed E-state index contributed by atoms with van der Waals surface area (Å²) in [6.45, 7) is 10.8. The summed E-state index contributed by atoms with van der Waals surface area (Å²) in [4.78, 5) is 0. The number of ether oxygens (including phenoxy) is 1. The van der Waals surface area contributed by atoms with Crippen LogP contribution in [0.5, 0.6) is 0 Å². The number of methoxy groups -OCH3 is 1. The molecule has 2 nitrogen and oxygen atoms in total. The quantitative estimate of drug-likeness (QED) is 0.769. The lowest BCUT2D eigenvalue weighted by atomic mass is 9.53. The van der Waals surface area contributed by atoms with E-state index in [0.29, 0.717) is 16.9 Å². The molecule has 0 aromatic heterocycles. The molecule has 2 heteroatoms. The van der Waals surface area contributed by atoms with E-state index in [1.165, 1.54) is 12.8 Å². The average molecular weight is 239 g/mol. The van der Waals surface area contributed by atoms with Gasteiger partial charge in [0.15, 0.2) is 0 Å². The Morgan fingerprint density at radius 2 is 1.94 bits per heavy atom. The molecule has 0 aromatic carbocycles. The third-order valence-electron chi connectivity index (χ3n) is 6.14. The fraction of sp³-hybridized carbons (Fsp3) is 1.00. The van der Waals surface area contributed by atoms with Gasteiger partial charge in [-0.2, -0.15) is 0 Å². The van der Waals surface area contributed by atoms with Gasteiger partial charge in [-0.15, -0.1) is 0 Å². The molecule has 100 valence electrons. The molecule has 2 saturated carbocycles. The van der Waals surface area contributed by atoms with Crippen LogP contribution >= 0.6 is 0 Å². The van der Waals surface area contributed by atoms with Crippen LogP contribution in [-0.4, -0.2) is 26.8 Å². The molecule has 0 aromatic rings. The Balaban J connectivity index is 2.10. The van der Waals surface area contributed by atoms with Crippen molar-refractivity contribution >= 4 is 0 Å². The molecule has 0 heterocycles. The summed E-state index contributed by atoms with van der Waals surface area (Å²) in [5, 5.41) is 3.37. The first-order valence-corrected chi connectivity index (χ1v) is 7.10. The SMILES string of the molecule is CCC(C)(C1CC2C(OC)C21)C(C)(C)CNC. The summed E-state index contributed by atoms with van der Waals surface area (Å²) in [6, 6.07) is 0. The second-order valence-electron chi connectivity index (χ2n) is 6.97. The molecular formula is C15H29NO. The van der Waals surface area contributed by atoms with Crippen LogP contribution in [0.25, 0.3) is 0 Å². The molecule has 2 fully saturated rings. The highest BCUT2D eigenvalue weighted by molar-refractivity contribution is 5.17. The maximum atomic E-state index is 5.58. The molecule has 0 saturated heterocycles. The minimum atomic E-state index is 0.354. The molecule has 0 bridgehead atoms. The highest BCUT2D eigenvalue weighted by atomic mass is 16.5. The van der Waals surface area contributed by atoms with Gasteiger partial charge in [-0.05, 0) is 48.5 Å². The normalized spacial score (nSPS) is 39.2. The molecule has 2 aliphatic rings. The lowest BCUT2D eigenvalue weighted by molar-refractivity contribution is -0.0309. The van der Waals surface area contributed by atoms with Crippen LogP contribution in [0.2, 0.25) is 0 Å². The first-order chi connectivity index (χ1) is 7.93. The third kappa shape index (κ3) is 1.76. The van der Waals surface area contributed by atoms with Crippen LogP contribution in [-0.2, 0) is 4.74 Å². The molecule has 1 N–H and O–H groups in total. The zero-order valence-electron chi connectivity index (χ0n) is 12.3.